The van der Waals surface area contributed by atoms with Crippen LogP contribution in [0.15, 0.2) is 103 Å². The highest BCUT2D eigenvalue weighted by molar-refractivity contribution is 6.01. The zero-order chi connectivity index (χ0) is 28.9. The molecular formula is C33H36N4O4. The van der Waals surface area contributed by atoms with E-state index in [-0.39, 0.29) is 12.1 Å². The lowest BCUT2D eigenvalue weighted by Crippen LogP contribution is -2.38. The van der Waals surface area contributed by atoms with Crippen LogP contribution >= 0.6 is 0 Å². The van der Waals surface area contributed by atoms with Crippen LogP contribution in [0, 0.1) is 0 Å². The van der Waals surface area contributed by atoms with Crippen molar-refractivity contribution >= 4 is 29.1 Å². The van der Waals surface area contributed by atoms with Crippen LogP contribution in [0.4, 0.5) is 26.7 Å². The van der Waals surface area contributed by atoms with Gasteiger partial charge in [-0.05, 0) is 98.1 Å². The first-order valence-corrected chi connectivity index (χ1v) is 13.8. The predicted octanol–water partition coefficient (Wildman–Crippen LogP) is 7.69. The van der Waals surface area contributed by atoms with Crippen LogP contribution < -0.4 is 30.3 Å². The lowest BCUT2D eigenvalue weighted by molar-refractivity contribution is 0.252. The maximum absolute atomic E-state index is 13.4. The largest absolute Gasteiger partial charge is 0.494 e. The second-order valence-corrected chi connectivity index (χ2v) is 9.23. The number of nitrogens with one attached hydrogen (secondary N) is 3. The predicted molar refractivity (Wildman–Crippen MR) is 164 cm³/mol. The maximum Gasteiger partial charge on any atom is 0.326 e. The third kappa shape index (κ3) is 9.03. The van der Waals surface area contributed by atoms with Crippen LogP contribution in [0.5, 0.6) is 17.2 Å². The molecule has 212 valence electrons. The van der Waals surface area contributed by atoms with Crippen molar-refractivity contribution < 1.29 is 19.1 Å². The molecule has 0 saturated carbocycles. The number of amides is 4. The Morgan fingerprint density at radius 1 is 0.707 bits per heavy atom. The number of anilines is 3. The quantitative estimate of drug-likeness (QED) is 0.157. The fourth-order valence-electron chi connectivity index (χ4n) is 4.10. The summed E-state index contributed by atoms with van der Waals surface area (Å²) in [6.45, 7) is 5.35. The molecule has 4 aromatic carbocycles. The lowest BCUT2D eigenvalue weighted by atomic mass is 10.1. The van der Waals surface area contributed by atoms with E-state index < -0.39 is 0 Å². The van der Waals surface area contributed by atoms with Gasteiger partial charge in [-0.15, -0.1) is 0 Å². The normalized spacial score (nSPS) is 10.4. The Kier molecular flexibility index (Phi) is 10.6. The molecule has 0 fully saturated rings. The van der Waals surface area contributed by atoms with Crippen LogP contribution in [0.2, 0.25) is 0 Å². The van der Waals surface area contributed by atoms with Gasteiger partial charge in [0.25, 0.3) is 0 Å². The summed E-state index contributed by atoms with van der Waals surface area (Å²) in [5, 5.41) is 8.66. The number of nitrogens with zero attached hydrogens (tertiary/aromatic N) is 1. The SMILES string of the molecule is CCOc1ccc(NC(=O)N(CCCNC(=O)Nc2ccc(CC)cc2)c2ccc(Oc3ccccc3)cc2)cc1. The lowest BCUT2D eigenvalue weighted by Gasteiger charge is -2.24. The summed E-state index contributed by atoms with van der Waals surface area (Å²) in [6, 6.07) is 31.3. The molecular weight excluding hydrogens is 516 g/mol. The third-order valence-electron chi connectivity index (χ3n) is 6.25. The van der Waals surface area contributed by atoms with Crippen molar-refractivity contribution in [1.82, 2.24) is 5.32 Å². The summed E-state index contributed by atoms with van der Waals surface area (Å²) in [7, 11) is 0. The van der Waals surface area contributed by atoms with E-state index in [1.54, 1.807) is 17.0 Å². The number of urea groups is 2. The fourth-order valence-corrected chi connectivity index (χ4v) is 4.10. The molecule has 4 amide bonds. The summed E-state index contributed by atoms with van der Waals surface area (Å²) in [5.74, 6) is 2.13. The number of hydrogen-bond acceptors (Lipinski definition) is 4. The van der Waals surface area contributed by atoms with Gasteiger partial charge in [0.15, 0.2) is 0 Å². The Balaban J connectivity index is 1.38. The van der Waals surface area contributed by atoms with E-state index in [1.165, 1.54) is 5.56 Å². The summed E-state index contributed by atoms with van der Waals surface area (Å²) in [6.07, 6.45) is 1.49. The van der Waals surface area contributed by atoms with Crippen molar-refractivity contribution in [1.29, 1.82) is 0 Å². The van der Waals surface area contributed by atoms with Gasteiger partial charge >= 0.3 is 12.1 Å². The van der Waals surface area contributed by atoms with E-state index >= 15 is 0 Å². The summed E-state index contributed by atoms with van der Waals surface area (Å²) in [5.41, 5.74) is 3.29. The number of carbonyl (C=O) groups excluding carboxylic acids is 2. The number of rotatable bonds is 12. The van der Waals surface area contributed by atoms with Crippen LogP contribution in [0.25, 0.3) is 0 Å². The van der Waals surface area contributed by atoms with Crippen LogP contribution in [-0.4, -0.2) is 31.8 Å². The van der Waals surface area contributed by atoms with Crippen molar-refractivity contribution in [2.45, 2.75) is 26.7 Å². The van der Waals surface area contributed by atoms with Gasteiger partial charge in [0.2, 0.25) is 0 Å². The highest BCUT2D eigenvalue weighted by Gasteiger charge is 2.16. The van der Waals surface area contributed by atoms with Gasteiger partial charge < -0.3 is 25.4 Å². The zero-order valence-electron chi connectivity index (χ0n) is 23.4. The second-order valence-electron chi connectivity index (χ2n) is 9.23. The number of aryl methyl sites for hydroxylation is 1. The molecule has 0 aliphatic carbocycles. The first kappa shape index (κ1) is 29.0. The minimum absolute atomic E-state index is 0.286. The van der Waals surface area contributed by atoms with Gasteiger partial charge in [0, 0.05) is 30.2 Å². The van der Waals surface area contributed by atoms with E-state index in [1.807, 2.05) is 97.9 Å². The maximum atomic E-state index is 13.4. The molecule has 0 atom stereocenters. The Bertz CT molecular complexity index is 1380. The van der Waals surface area contributed by atoms with Gasteiger partial charge in [-0.1, -0.05) is 37.3 Å². The van der Waals surface area contributed by atoms with Gasteiger partial charge in [-0.25, -0.2) is 9.59 Å². The number of ether oxygens (including phenoxy) is 2. The van der Waals surface area contributed by atoms with E-state index in [4.69, 9.17) is 9.47 Å². The zero-order valence-corrected chi connectivity index (χ0v) is 23.4. The average Bonchev–Trinajstić information content (AvgIpc) is 3.00. The molecule has 0 aliphatic heterocycles. The molecule has 0 saturated heterocycles. The monoisotopic (exact) mass is 552 g/mol. The molecule has 41 heavy (non-hydrogen) atoms. The van der Waals surface area contributed by atoms with Crippen molar-refractivity contribution in [3.63, 3.8) is 0 Å². The van der Waals surface area contributed by atoms with Crippen LogP contribution in [0.3, 0.4) is 0 Å². The van der Waals surface area contributed by atoms with Crippen molar-refractivity contribution in [3.05, 3.63) is 109 Å². The Morgan fingerprint density at radius 2 is 1.32 bits per heavy atom. The topological polar surface area (TPSA) is 91.9 Å². The minimum Gasteiger partial charge on any atom is -0.494 e. The Labute approximate surface area is 241 Å². The molecule has 0 bridgehead atoms. The number of hydrogen-bond donors (Lipinski definition) is 3. The highest BCUT2D eigenvalue weighted by Crippen LogP contribution is 2.25. The Hall–Kier alpha value is -4.98. The van der Waals surface area contributed by atoms with Gasteiger partial charge in [0.05, 0.1) is 6.61 Å². The van der Waals surface area contributed by atoms with E-state index in [9.17, 15) is 9.59 Å². The smallest absolute Gasteiger partial charge is 0.326 e. The minimum atomic E-state index is -0.290. The molecule has 0 spiro atoms. The van der Waals surface area contributed by atoms with Crippen molar-refractivity contribution in [2.24, 2.45) is 0 Å². The molecule has 8 heteroatoms. The van der Waals surface area contributed by atoms with Crippen LogP contribution in [-0.2, 0) is 6.42 Å². The first-order chi connectivity index (χ1) is 20.0. The molecule has 0 radical (unpaired) electrons. The van der Waals surface area contributed by atoms with E-state index in [0.29, 0.717) is 43.2 Å². The molecule has 8 nitrogen and oxygen atoms in total. The molecule has 3 N–H and O–H groups in total. The summed E-state index contributed by atoms with van der Waals surface area (Å²) in [4.78, 5) is 27.4. The standard InChI is InChI=1S/C33H36N4O4/c1-3-25-11-13-26(14-12-25)35-32(38)34-23-8-24-37(33(39)36-27-15-19-29(20-16-27)40-4-2)28-17-21-31(22-18-28)41-30-9-6-5-7-10-30/h5-7,9-22H,3-4,8,23-24H2,1-2H3,(H,36,39)(H2,34,35,38). The third-order valence-corrected chi connectivity index (χ3v) is 6.25. The van der Waals surface area contributed by atoms with Gasteiger partial charge in [-0.2, -0.15) is 0 Å². The number of benzene rings is 4. The summed E-state index contributed by atoms with van der Waals surface area (Å²) < 4.78 is 11.4. The van der Waals surface area contributed by atoms with Crippen molar-refractivity contribution in [2.75, 3.05) is 35.2 Å². The Morgan fingerprint density at radius 3 is 1.98 bits per heavy atom. The molecule has 4 aromatic rings. The van der Waals surface area contributed by atoms with Crippen molar-refractivity contribution in [3.8, 4) is 17.2 Å². The molecule has 0 aliphatic rings. The molecule has 0 heterocycles. The number of carbonyl (C=O) groups is 2. The van der Waals surface area contributed by atoms with Gasteiger partial charge in [0.1, 0.15) is 17.2 Å². The summed E-state index contributed by atoms with van der Waals surface area (Å²) >= 11 is 0. The first-order valence-electron chi connectivity index (χ1n) is 13.8. The van der Waals surface area contributed by atoms with Gasteiger partial charge in [-0.3, -0.25) is 4.90 Å². The second kappa shape index (κ2) is 15.0. The van der Waals surface area contributed by atoms with E-state index in [0.717, 1.165) is 23.6 Å². The fraction of sp³-hybridized carbons (Fsp3) is 0.212. The van der Waals surface area contributed by atoms with E-state index in [2.05, 4.69) is 22.9 Å². The molecule has 0 aromatic heterocycles. The number of para-hydroxylation sites is 1. The molecule has 0 unspecified atom stereocenters. The highest BCUT2D eigenvalue weighted by atomic mass is 16.5. The molecule has 4 rings (SSSR count). The van der Waals surface area contributed by atoms with Crippen LogP contribution in [0.1, 0.15) is 25.8 Å². The average molecular weight is 553 g/mol.